The van der Waals surface area contributed by atoms with Crippen LogP contribution in [0.25, 0.3) is 0 Å². The fourth-order valence-corrected chi connectivity index (χ4v) is 3.09. The first kappa shape index (κ1) is 14.4. The third-order valence-corrected chi connectivity index (χ3v) is 4.30. The van der Waals surface area contributed by atoms with E-state index in [1.165, 1.54) is 4.90 Å². The Morgan fingerprint density at radius 3 is 2.82 bits per heavy atom. The maximum atomic E-state index is 12.7. The van der Waals surface area contributed by atoms with Crippen LogP contribution in [-0.2, 0) is 16.0 Å². The van der Waals surface area contributed by atoms with Crippen molar-refractivity contribution in [3.05, 3.63) is 30.1 Å². The molecule has 2 aliphatic rings. The van der Waals surface area contributed by atoms with Crippen LogP contribution < -0.4 is 5.32 Å². The molecule has 0 aromatic carbocycles. The molecule has 2 fully saturated rings. The van der Waals surface area contributed by atoms with Gasteiger partial charge in [-0.3, -0.25) is 14.7 Å². The van der Waals surface area contributed by atoms with Gasteiger partial charge in [-0.05, 0) is 37.6 Å². The second kappa shape index (κ2) is 5.68. The van der Waals surface area contributed by atoms with E-state index in [9.17, 15) is 9.59 Å². The van der Waals surface area contributed by atoms with Crippen molar-refractivity contribution in [1.82, 2.24) is 15.2 Å². The SMILES string of the molecule is N#COB1CCC2(CC1)NC(=O)N(Cc1ccccn1)C2=O. The van der Waals surface area contributed by atoms with Crippen molar-refractivity contribution in [2.45, 2.75) is 37.6 Å². The summed E-state index contributed by atoms with van der Waals surface area (Å²) >= 11 is 0. The third-order valence-electron chi connectivity index (χ3n) is 4.30. The molecule has 112 valence electrons. The number of hydrogen-bond donors (Lipinski definition) is 1. The monoisotopic (exact) mass is 298 g/mol. The number of aromatic nitrogens is 1. The first-order valence-electron chi connectivity index (χ1n) is 7.23. The summed E-state index contributed by atoms with van der Waals surface area (Å²) in [5.41, 5.74) is -0.175. The van der Waals surface area contributed by atoms with E-state index >= 15 is 0 Å². The van der Waals surface area contributed by atoms with E-state index in [1.807, 2.05) is 6.07 Å². The lowest BCUT2D eigenvalue weighted by Gasteiger charge is -2.32. The number of nitrogens with one attached hydrogen (secondary N) is 1. The van der Waals surface area contributed by atoms with Crippen molar-refractivity contribution in [3.8, 4) is 6.26 Å². The second-order valence-corrected chi connectivity index (χ2v) is 5.63. The second-order valence-electron chi connectivity index (χ2n) is 5.63. The van der Waals surface area contributed by atoms with Crippen molar-refractivity contribution >= 4 is 18.9 Å². The van der Waals surface area contributed by atoms with Gasteiger partial charge in [-0.25, -0.2) is 4.79 Å². The van der Waals surface area contributed by atoms with E-state index in [1.54, 1.807) is 24.6 Å². The van der Waals surface area contributed by atoms with Crippen LogP contribution in [0, 0.1) is 11.5 Å². The Morgan fingerprint density at radius 1 is 1.41 bits per heavy atom. The Balaban J connectivity index is 1.71. The van der Waals surface area contributed by atoms with Crippen LogP contribution in [0.2, 0.25) is 12.6 Å². The summed E-state index contributed by atoms with van der Waals surface area (Å²) in [5.74, 6) is -0.210. The fraction of sp³-hybridized carbons (Fsp3) is 0.429. The minimum atomic E-state index is -0.846. The highest BCUT2D eigenvalue weighted by Crippen LogP contribution is 2.35. The minimum absolute atomic E-state index is 0.162. The van der Waals surface area contributed by atoms with Gasteiger partial charge in [0, 0.05) is 6.20 Å². The molecule has 22 heavy (non-hydrogen) atoms. The normalized spacial score (nSPS) is 20.0. The number of amides is 3. The van der Waals surface area contributed by atoms with Crippen LogP contribution in [0.3, 0.4) is 0 Å². The molecule has 3 heterocycles. The molecule has 0 aliphatic carbocycles. The van der Waals surface area contributed by atoms with Gasteiger partial charge in [-0.1, -0.05) is 6.07 Å². The Kier molecular flexibility index (Phi) is 3.71. The van der Waals surface area contributed by atoms with Gasteiger partial charge in [0.1, 0.15) is 5.54 Å². The maximum absolute atomic E-state index is 12.7. The van der Waals surface area contributed by atoms with Crippen LogP contribution in [0.1, 0.15) is 18.5 Å². The number of rotatable bonds is 3. The molecule has 3 rings (SSSR count). The Labute approximate surface area is 128 Å². The van der Waals surface area contributed by atoms with Crippen LogP contribution in [0.5, 0.6) is 0 Å². The zero-order valence-corrected chi connectivity index (χ0v) is 12.0. The minimum Gasteiger partial charge on any atom is -0.498 e. The van der Waals surface area contributed by atoms with E-state index in [-0.39, 0.29) is 25.4 Å². The van der Waals surface area contributed by atoms with Gasteiger partial charge in [0.25, 0.3) is 12.2 Å². The number of nitriles is 1. The Morgan fingerprint density at radius 2 is 2.18 bits per heavy atom. The molecule has 1 aromatic heterocycles. The molecular formula is C14H15BN4O3. The van der Waals surface area contributed by atoms with Gasteiger partial charge in [0.15, 0.2) is 0 Å². The lowest BCUT2D eigenvalue weighted by atomic mass is 9.52. The van der Waals surface area contributed by atoms with Crippen LogP contribution in [0.15, 0.2) is 24.4 Å². The number of hydrogen-bond acceptors (Lipinski definition) is 5. The molecule has 0 radical (unpaired) electrons. The molecule has 1 N–H and O–H groups in total. The van der Waals surface area contributed by atoms with Crippen molar-refractivity contribution < 1.29 is 14.2 Å². The van der Waals surface area contributed by atoms with E-state index in [2.05, 4.69) is 10.3 Å². The lowest BCUT2D eigenvalue weighted by molar-refractivity contribution is -0.132. The molecular weight excluding hydrogens is 283 g/mol. The van der Waals surface area contributed by atoms with E-state index in [0.29, 0.717) is 31.2 Å². The molecule has 7 nitrogen and oxygen atoms in total. The fourth-order valence-electron chi connectivity index (χ4n) is 3.09. The highest BCUT2D eigenvalue weighted by molar-refractivity contribution is 6.52. The van der Waals surface area contributed by atoms with Crippen molar-refractivity contribution in [3.63, 3.8) is 0 Å². The average molecular weight is 298 g/mol. The van der Waals surface area contributed by atoms with Gasteiger partial charge in [0.2, 0.25) is 0 Å². The molecule has 2 saturated heterocycles. The van der Waals surface area contributed by atoms with Gasteiger partial charge >= 0.3 is 12.9 Å². The van der Waals surface area contributed by atoms with E-state index < -0.39 is 5.54 Å². The van der Waals surface area contributed by atoms with Crippen molar-refractivity contribution in [2.24, 2.45) is 0 Å². The molecule has 0 unspecified atom stereocenters. The van der Waals surface area contributed by atoms with Crippen LogP contribution in [0.4, 0.5) is 4.79 Å². The van der Waals surface area contributed by atoms with Crippen LogP contribution >= 0.6 is 0 Å². The number of pyridine rings is 1. The Hall–Kier alpha value is -2.56. The summed E-state index contributed by atoms with van der Waals surface area (Å²) in [6, 6.07) is 5.01. The third kappa shape index (κ3) is 2.50. The average Bonchev–Trinajstić information content (AvgIpc) is 2.76. The zero-order chi connectivity index (χ0) is 15.6. The lowest BCUT2D eigenvalue weighted by Crippen LogP contribution is -2.50. The molecule has 2 aliphatic heterocycles. The number of carbonyl (C=O) groups excluding carboxylic acids is 2. The number of imide groups is 1. The molecule has 8 heteroatoms. The Bertz CT molecular complexity index is 623. The molecule has 0 bridgehead atoms. The van der Waals surface area contributed by atoms with Crippen molar-refractivity contribution in [1.29, 1.82) is 5.26 Å². The summed E-state index contributed by atoms with van der Waals surface area (Å²) in [4.78, 5) is 30.2. The summed E-state index contributed by atoms with van der Waals surface area (Å²) in [7, 11) is 0. The van der Waals surface area contributed by atoms with Crippen molar-refractivity contribution in [2.75, 3.05) is 0 Å². The smallest absolute Gasteiger partial charge is 0.373 e. The highest BCUT2D eigenvalue weighted by atomic mass is 16.4. The number of urea groups is 1. The first-order valence-corrected chi connectivity index (χ1v) is 7.23. The zero-order valence-electron chi connectivity index (χ0n) is 12.0. The van der Waals surface area contributed by atoms with Gasteiger partial charge in [-0.2, -0.15) is 5.26 Å². The largest absolute Gasteiger partial charge is 0.498 e. The summed E-state index contributed by atoms with van der Waals surface area (Å²) in [5, 5.41) is 11.4. The van der Waals surface area contributed by atoms with E-state index in [0.717, 1.165) is 0 Å². The molecule has 1 aromatic rings. The summed E-state index contributed by atoms with van der Waals surface area (Å²) < 4.78 is 4.93. The topological polar surface area (TPSA) is 95.3 Å². The molecule has 0 atom stereocenters. The van der Waals surface area contributed by atoms with Crippen LogP contribution in [-0.4, -0.2) is 34.3 Å². The number of carbonyl (C=O) groups is 2. The predicted octanol–water partition coefficient (Wildman–Crippen LogP) is 1.16. The highest BCUT2D eigenvalue weighted by Gasteiger charge is 2.53. The quantitative estimate of drug-likeness (QED) is 0.513. The first-order chi connectivity index (χ1) is 10.6. The van der Waals surface area contributed by atoms with Gasteiger partial charge in [0.05, 0.1) is 12.2 Å². The van der Waals surface area contributed by atoms with E-state index in [4.69, 9.17) is 9.92 Å². The van der Waals surface area contributed by atoms with Gasteiger partial charge < -0.3 is 9.97 Å². The molecule has 1 spiro atoms. The molecule has 0 saturated carbocycles. The molecule has 3 amide bonds. The standard InChI is InChI=1S/C14H15BN4O3/c16-10-22-15-6-4-14(5-7-15)12(20)19(13(21)18-14)9-11-3-1-2-8-17-11/h1-3,8H,4-7,9H2,(H,18,21). The summed E-state index contributed by atoms with van der Waals surface area (Å²) in [6.45, 7) is 0.0101. The number of nitrogens with zero attached hydrogens (tertiary/aromatic N) is 3. The maximum Gasteiger partial charge on any atom is 0.373 e. The summed E-state index contributed by atoms with van der Waals surface area (Å²) in [6.07, 6.45) is 5.46. The predicted molar refractivity (Wildman–Crippen MR) is 77.3 cm³/mol. The van der Waals surface area contributed by atoms with Gasteiger partial charge in [-0.15, -0.1) is 0 Å².